The third-order valence-electron chi connectivity index (χ3n) is 4.62. The molecule has 6 heteroatoms. The molecule has 5 nitrogen and oxygen atoms in total. The Morgan fingerprint density at radius 3 is 2.54 bits per heavy atom. The number of piperazine rings is 1. The Morgan fingerprint density at radius 1 is 1.07 bits per heavy atom. The van der Waals surface area contributed by atoms with Gasteiger partial charge in [0.05, 0.1) is 6.54 Å². The van der Waals surface area contributed by atoms with E-state index in [2.05, 4.69) is 5.32 Å². The van der Waals surface area contributed by atoms with Gasteiger partial charge in [0.2, 0.25) is 11.8 Å². The van der Waals surface area contributed by atoms with Crippen molar-refractivity contribution in [3.8, 4) is 0 Å². The quantitative estimate of drug-likeness (QED) is 0.811. The van der Waals surface area contributed by atoms with Crippen molar-refractivity contribution < 1.29 is 14.0 Å². The Morgan fingerprint density at radius 2 is 1.82 bits per heavy atom. The molecule has 1 fully saturated rings. The van der Waals surface area contributed by atoms with Crippen LogP contribution in [0, 0.1) is 12.7 Å². The third-order valence-corrected chi connectivity index (χ3v) is 4.62. The first-order valence-corrected chi connectivity index (χ1v) is 9.31. The minimum Gasteiger partial charge on any atom is -0.337 e. The van der Waals surface area contributed by atoms with Crippen molar-refractivity contribution in [1.82, 2.24) is 9.80 Å². The van der Waals surface area contributed by atoms with Crippen molar-refractivity contribution in [2.45, 2.75) is 6.92 Å². The second kappa shape index (κ2) is 9.28. The van der Waals surface area contributed by atoms with E-state index in [4.69, 9.17) is 0 Å². The van der Waals surface area contributed by atoms with E-state index in [1.54, 1.807) is 23.1 Å². The summed E-state index contributed by atoms with van der Waals surface area (Å²) in [5.74, 6) is -0.598. The molecule has 1 heterocycles. The van der Waals surface area contributed by atoms with Gasteiger partial charge in [-0.05, 0) is 36.8 Å². The van der Waals surface area contributed by atoms with E-state index < -0.39 is 0 Å². The number of hydrogen-bond donors (Lipinski definition) is 1. The highest BCUT2D eigenvalue weighted by Gasteiger charge is 2.21. The number of benzene rings is 2. The maximum Gasteiger partial charge on any atom is 0.246 e. The number of nitrogens with zero attached hydrogens (tertiary/aromatic N) is 2. The number of hydrogen-bond acceptors (Lipinski definition) is 3. The molecule has 146 valence electrons. The Kier molecular flexibility index (Phi) is 6.55. The first-order valence-electron chi connectivity index (χ1n) is 9.31. The molecule has 1 saturated heterocycles. The first-order chi connectivity index (χ1) is 13.5. The number of nitrogens with one attached hydrogen (secondary N) is 1. The maximum atomic E-state index is 13.2. The van der Waals surface area contributed by atoms with Crippen LogP contribution in [0.4, 0.5) is 10.1 Å². The lowest BCUT2D eigenvalue weighted by Crippen LogP contribution is -2.50. The summed E-state index contributed by atoms with van der Waals surface area (Å²) < 4.78 is 13.2. The largest absolute Gasteiger partial charge is 0.337 e. The van der Waals surface area contributed by atoms with Gasteiger partial charge in [-0.1, -0.05) is 35.9 Å². The molecule has 0 aliphatic carbocycles. The molecule has 0 spiro atoms. The molecule has 2 aromatic rings. The molecule has 1 aliphatic rings. The van der Waals surface area contributed by atoms with E-state index >= 15 is 0 Å². The number of anilines is 1. The van der Waals surface area contributed by atoms with Crippen molar-refractivity contribution in [3.63, 3.8) is 0 Å². The van der Waals surface area contributed by atoms with Crippen LogP contribution >= 0.6 is 0 Å². The Balaban J connectivity index is 1.44. The van der Waals surface area contributed by atoms with Crippen LogP contribution in [0.2, 0.25) is 0 Å². The molecule has 28 heavy (non-hydrogen) atoms. The highest BCUT2D eigenvalue weighted by molar-refractivity contribution is 5.93. The Hall–Kier alpha value is -2.99. The van der Waals surface area contributed by atoms with Gasteiger partial charge in [0.15, 0.2) is 0 Å². The average molecular weight is 381 g/mol. The highest BCUT2D eigenvalue weighted by atomic mass is 19.1. The summed E-state index contributed by atoms with van der Waals surface area (Å²) in [5.41, 5.74) is 2.60. The van der Waals surface area contributed by atoms with Gasteiger partial charge in [-0.25, -0.2) is 4.39 Å². The molecule has 3 rings (SSSR count). The normalized spacial score (nSPS) is 15.0. The van der Waals surface area contributed by atoms with Gasteiger partial charge in [-0.15, -0.1) is 0 Å². The third kappa shape index (κ3) is 5.76. The van der Waals surface area contributed by atoms with Gasteiger partial charge in [-0.2, -0.15) is 0 Å². The fraction of sp³-hybridized carbons (Fsp3) is 0.273. The molecule has 0 saturated carbocycles. The van der Waals surface area contributed by atoms with Crippen molar-refractivity contribution in [2.24, 2.45) is 0 Å². The Bertz CT molecular complexity index is 874. The predicted octanol–water partition coefficient (Wildman–Crippen LogP) is 2.93. The summed E-state index contributed by atoms with van der Waals surface area (Å²) in [6, 6.07) is 13.8. The van der Waals surface area contributed by atoms with Crippen molar-refractivity contribution in [3.05, 3.63) is 71.6 Å². The summed E-state index contributed by atoms with van der Waals surface area (Å²) in [7, 11) is 0. The zero-order valence-corrected chi connectivity index (χ0v) is 15.9. The van der Waals surface area contributed by atoms with Crippen LogP contribution in [0.3, 0.4) is 0 Å². The summed E-state index contributed by atoms with van der Waals surface area (Å²) in [4.78, 5) is 28.3. The molecule has 0 bridgehead atoms. The predicted molar refractivity (Wildman–Crippen MR) is 108 cm³/mol. The van der Waals surface area contributed by atoms with E-state index in [-0.39, 0.29) is 24.2 Å². The lowest BCUT2D eigenvalue weighted by atomic mass is 10.1. The van der Waals surface area contributed by atoms with Crippen molar-refractivity contribution in [1.29, 1.82) is 0 Å². The minimum absolute atomic E-state index is 0.0228. The molecular weight excluding hydrogens is 357 g/mol. The second-order valence-electron chi connectivity index (χ2n) is 6.91. The highest BCUT2D eigenvalue weighted by Crippen LogP contribution is 2.10. The first kappa shape index (κ1) is 19.8. The molecule has 2 aromatic carbocycles. The van der Waals surface area contributed by atoms with Crippen molar-refractivity contribution >= 4 is 23.6 Å². The van der Waals surface area contributed by atoms with E-state index in [1.165, 1.54) is 12.1 Å². The van der Waals surface area contributed by atoms with Crippen LogP contribution in [0.15, 0.2) is 54.6 Å². The topological polar surface area (TPSA) is 52.7 Å². The van der Waals surface area contributed by atoms with Crippen LogP contribution in [0.1, 0.15) is 11.1 Å². The SMILES string of the molecule is Cc1cccc(C=CC(=O)N2CCN(CC(=O)Nc3cccc(F)c3)CC2)c1. The van der Waals surface area contributed by atoms with E-state index in [0.717, 1.165) is 11.1 Å². The molecule has 2 amide bonds. The van der Waals surface area contributed by atoms with Gasteiger partial charge >= 0.3 is 0 Å². The minimum atomic E-state index is -0.386. The molecular formula is C22H24FN3O2. The van der Waals surface area contributed by atoms with Gasteiger partial charge < -0.3 is 10.2 Å². The fourth-order valence-electron chi connectivity index (χ4n) is 3.14. The van der Waals surface area contributed by atoms with E-state index in [1.807, 2.05) is 42.2 Å². The van der Waals surface area contributed by atoms with Crippen LogP contribution in [0.25, 0.3) is 6.08 Å². The standard InChI is InChI=1S/C22H24FN3O2/c1-17-4-2-5-18(14-17)8-9-22(28)26-12-10-25(11-13-26)16-21(27)24-20-7-3-6-19(23)15-20/h2-9,14-15H,10-13,16H2,1H3,(H,24,27). The van der Waals surface area contributed by atoms with E-state index in [0.29, 0.717) is 31.9 Å². The molecule has 0 unspecified atom stereocenters. The summed E-state index contributed by atoms with van der Waals surface area (Å²) >= 11 is 0. The lowest BCUT2D eigenvalue weighted by Gasteiger charge is -2.33. The van der Waals surface area contributed by atoms with Crippen LogP contribution in [-0.4, -0.2) is 54.3 Å². The number of halogens is 1. The lowest BCUT2D eigenvalue weighted by molar-refractivity contribution is -0.127. The van der Waals surface area contributed by atoms with Gasteiger partial charge in [0.25, 0.3) is 0 Å². The van der Waals surface area contributed by atoms with E-state index in [9.17, 15) is 14.0 Å². The van der Waals surface area contributed by atoms with Gasteiger partial charge in [-0.3, -0.25) is 14.5 Å². The summed E-state index contributed by atoms with van der Waals surface area (Å²) in [6.07, 6.45) is 3.43. The van der Waals surface area contributed by atoms with Crippen molar-refractivity contribution in [2.75, 3.05) is 38.0 Å². The number of carbonyl (C=O) groups excluding carboxylic acids is 2. The molecule has 1 N–H and O–H groups in total. The summed E-state index contributed by atoms with van der Waals surface area (Å²) in [5, 5.41) is 2.69. The molecule has 0 aromatic heterocycles. The summed E-state index contributed by atoms with van der Waals surface area (Å²) in [6.45, 7) is 4.64. The number of rotatable bonds is 5. The number of carbonyl (C=O) groups is 2. The monoisotopic (exact) mass is 381 g/mol. The van der Waals surface area contributed by atoms with Crippen LogP contribution < -0.4 is 5.32 Å². The average Bonchev–Trinajstić information content (AvgIpc) is 2.67. The fourth-order valence-corrected chi connectivity index (χ4v) is 3.14. The Labute approximate surface area is 164 Å². The number of aryl methyl sites for hydroxylation is 1. The smallest absolute Gasteiger partial charge is 0.246 e. The number of amides is 2. The van der Waals surface area contributed by atoms with Gasteiger partial charge in [0, 0.05) is 37.9 Å². The zero-order chi connectivity index (χ0) is 19.9. The zero-order valence-electron chi connectivity index (χ0n) is 15.9. The molecule has 0 atom stereocenters. The molecule has 1 aliphatic heterocycles. The second-order valence-corrected chi connectivity index (χ2v) is 6.91. The van der Waals surface area contributed by atoms with Gasteiger partial charge in [0.1, 0.15) is 5.82 Å². The maximum absolute atomic E-state index is 13.2. The van der Waals surface area contributed by atoms with Crippen LogP contribution in [-0.2, 0) is 9.59 Å². The van der Waals surface area contributed by atoms with Crippen LogP contribution in [0.5, 0.6) is 0 Å². The molecule has 0 radical (unpaired) electrons.